The van der Waals surface area contributed by atoms with E-state index < -0.39 is 42.2 Å². The molecule has 3 rings (SSSR count). The minimum Gasteiger partial charge on any atom is -0.711 e. The third-order valence-corrected chi connectivity index (χ3v) is 4.70. The second-order valence-corrected chi connectivity index (χ2v) is 6.35. The van der Waals surface area contributed by atoms with Gasteiger partial charge >= 0.3 is 12.0 Å². The molecule has 4 amide bonds. The maximum atomic E-state index is 12.9. The van der Waals surface area contributed by atoms with Crippen LogP contribution in [0.4, 0.5) is 4.79 Å². The van der Waals surface area contributed by atoms with Crippen molar-refractivity contribution < 1.29 is 29.0 Å². The molecule has 146 valence electrons. The van der Waals surface area contributed by atoms with Crippen molar-refractivity contribution in [3.8, 4) is 0 Å². The Hall–Kier alpha value is -3.76. The lowest BCUT2D eigenvalue weighted by molar-refractivity contribution is -0.621. The van der Waals surface area contributed by atoms with Crippen molar-refractivity contribution in [3.63, 3.8) is 0 Å². The Morgan fingerprint density at radius 1 is 1.32 bits per heavy atom. The van der Waals surface area contributed by atoms with E-state index in [1.165, 1.54) is 23.9 Å². The molecule has 0 aliphatic carbocycles. The van der Waals surface area contributed by atoms with Crippen molar-refractivity contribution in [3.05, 3.63) is 52.5 Å². The lowest BCUT2D eigenvalue weighted by atomic mass is 9.83. The molecule has 1 unspecified atom stereocenters. The summed E-state index contributed by atoms with van der Waals surface area (Å²) in [4.78, 5) is 51.7. The highest BCUT2D eigenvalue weighted by Crippen LogP contribution is 2.33. The molecule has 1 saturated heterocycles. The zero-order valence-electron chi connectivity index (χ0n) is 15.0. The van der Waals surface area contributed by atoms with E-state index in [0.29, 0.717) is 16.0 Å². The molecule has 3 N–H and O–H groups in total. The summed E-state index contributed by atoms with van der Waals surface area (Å²) in [5.41, 5.74) is 0.965. The maximum absolute atomic E-state index is 12.9. The van der Waals surface area contributed by atoms with Crippen molar-refractivity contribution in [2.45, 2.75) is 26.3 Å². The fraction of sp³-hybridized carbons (Fsp3) is 0.294. The lowest BCUT2D eigenvalue weighted by Crippen LogP contribution is -2.58. The number of imide groups is 2. The first-order valence-electron chi connectivity index (χ1n) is 8.29. The Morgan fingerprint density at radius 2 is 1.96 bits per heavy atom. The van der Waals surface area contributed by atoms with Gasteiger partial charge in [0.2, 0.25) is 11.8 Å². The molecule has 0 radical (unpaired) electrons. The number of urea groups is 1. The highest BCUT2D eigenvalue weighted by Gasteiger charge is 2.47. The van der Waals surface area contributed by atoms with E-state index in [2.05, 4.69) is 4.98 Å². The fourth-order valence-electron chi connectivity index (χ4n) is 3.31. The molecular weight excluding hydrogens is 370 g/mol. The molecule has 1 atom stereocenters. The van der Waals surface area contributed by atoms with Crippen molar-refractivity contribution in [1.82, 2.24) is 20.2 Å². The second kappa shape index (κ2) is 7.10. The summed E-state index contributed by atoms with van der Waals surface area (Å²) in [5.74, 6) is -5.70. The summed E-state index contributed by atoms with van der Waals surface area (Å²) < 4.78 is 1.76. The van der Waals surface area contributed by atoms with Gasteiger partial charge in [0.1, 0.15) is 23.2 Å². The van der Waals surface area contributed by atoms with Gasteiger partial charge in [0.25, 0.3) is 5.82 Å². The molecule has 0 bridgehead atoms. The van der Waals surface area contributed by atoms with Crippen LogP contribution in [0.15, 0.2) is 24.5 Å². The molecule has 0 spiro atoms. The molecule has 2 aromatic heterocycles. The highest BCUT2D eigenvalue weighted by molar-refractivity contribution is 6.16. The number of imidazole rings is 1. The van der Waals surface area contributed by atoms with E-state index in [1.54, 1.807) is 19.1 Å². The van der Waals surface area contributed by atoms with Crippen molar-refractivity contribution in [2.24, 2.45) is 5.92 Å². The molecule has 3 heterocycles. The number of aliphatic carboxylic acids is 1. The van der Waals surface area contributed by atoms with Crippen LogP contribution in [0, 0.1) is 25.0 Å². The molecule has 0 aromatic carbocycles. The molecule has 28 heavy (non-hydrogen) atoms. The van der Waals surface area contributed by atoms with Gasteiger partial charge in [0, 0.05) is 26.2 Å². The predicted octanol–water partition coefficient (Wildman–Crippen LogP) is -0.668. The van der Waals surface area contributed by atoms with Crippen molar-refractivity contribution in [2.75, 3.05) is 0 Å². The number of carboxylic acids is 1. The molecule has 1 aliphatic heterocycles. The van der Waals surface area contributed by atoms with Crippen LogP contribution < -0.4 is 15.4 Å². The van der Waals surface area contributed by atoms with Crippen LogP contribution in [0.5, 0.6) is 0 Å². The summed E-state index contributed by atoms with van der Waals surface area (Å²) in [7, 11) is 0. The fourth-order valence-corrected chi connectivity index (χ4v) is 3.31. The first kappa shape index (κ1) is 19.0. The summed E-state index contributed by atoms with van der Waals surface area (Å²) >= 11 is 0. The van der Waals surface area contributed by atoms with E-state index in [1.807, 2.05) is 10.6 Å². The number of carboxylic acid groups (broad SMARTS) is 1. The molecular formula is C17H17N5O6. The summed E-state index contributed by atoms with van der Waals surface area (Å²) in [6.45, 7) is 2.54. The van der Waals surface area contributed by atoms with Crippen LogP contribution >= 0.6 is 0 Å². The van der Waals surface area contributed by atoms with Gasteiger partial charge in [-0.2, -0.15) is 0 Å². The molecule has 2 aromatic rings. The van der Waals surface area contributed by atoms with Gasteiger partial charge in [-0.15, -0.1) is 0 Å². The number of pyridine rings is 1. The minimum atomic E-state index is -1.47. The third-order valence-electron chi connectivity index (χ3n) is 4.70. The summed E-state index contributed by atoms with van der Waals surface area (Å²) in [6.07, 6.45) is 2.85. The van der Waals surface area contributed by atoms with Crippen LogP contribution in [0.25, 0.3) is 0 Å². The number of hydrogen-bond donors (Lipinski definition) is 3. The van der Waals surface area contributed by atoms with Gasteiger partial charge in [-0.3, -0.25) is 25.2 Å². The monoisotopic (exact) mass is 387 g/mol. The highest BCUT2D eigenvalue weighted by atomic mass is 16.5. The van der Waals surface area contributed by atoms with Gasteiger partial charge in [-0.05, 0) is 11.6 Å². The van der Waals surface area contributed by atoms with Crippen LogP contribution in [-0.2, 0) is 20.9 Å². The Kier molecular flexibility index (Phi) is 4.82. The number of carbonyl (C=O) groups is 4. The Morgan fingerprint density at radius 3 is 2.50 bits per heavy atom. The number of amides is 4. The Bertz CT molecular complexity index is 964. The number of carbonyl (C=O) groups excluding carboxylic acids is 3. The summed E-state index contributed by atoms with van der Waals surface area (Å²) in [5, 5.41) is 26.2. The Labute approximate surface area is 158 Å². The van der Waals surface area contributed by atoms with Gasteiger partial charge in [-0.1, -0.05) is 6.07 Å². The number of aromatic nitrogens is 3. The summed E-state index contributed by atoms with van der Waals surface area (Å²) in [6, 6.07) is 2.17. The standard InChI is InChI=1S/C17H17N5O6/c1-8-9(2)22(28)16(21(8)7-11(23)24)12(10-4-3-5-18-6-10)13-14(25)19-17(27)20-15(13)26/h3-6,12-13H,7H2,1-2H3,(H,23,24)(H2,19,20,25,26,27). The number of hydrogen-bond acceptors (Lipinski definition) is 6. The lowest BCUT2D eigenvalue weighted by Gasteiger charge is -2.27. The predicted molar refractivity (Wildman–Crippen MR) is 91.8 cm³/mol. The number of nitrogens with zero attached hydrogens (tertiary/aromatic N) is 3. The van der Waals surface area contributed by atoms with E-state index in [-0.39, 0.29) is 11.5 Å². The van der Waals surface area contributed by atoms with Gasteiger partial charge < -0.3 is 10.3 Å². The topological polar surface area (TPSA) is 157 Å². The van der Waals surface area contributed by atoms with Crippen LogP contribution in [0.3, 0.4) is 0 Å². The zero-order valence-corrected chi connectivity index (χ0v) is 15.0. The molecule has 11 nitrogen and oxygen atoms in total. The first-order valence-corrected chi connectivity index (χ1v) is 8.29. The molecule has 0 saturated carbocycles. The normalized spacial score (nSPS) is 15.9. The average molecular weight is 387 g/mol. The molecule has 1 fully saturated rings. The zero-order chi connectivity index (χ0) is 20.6. The average Bonchev–Trinajstić information content (AvgIpc) is 2.82. The molecule has 1 aliphatic rings. The van der Waals surface area contributed by atoms with Crippen LogP contribution in [-0.4, -0.2) is 38.5 Å². The number of nitrogens with one attached hydrogen (secondary N) is 2. The SMILES string of the molecule is Cc1c(C)[n+]([O-])c(C(c2cccnc2)C2C(=O)NC(=O)NC2=O)n1CC(=O)O. The van der Waals surface area contributed by atoms with Crippen molar-refractivity contribution >= 4 is 23.8 Å². The van der Waals surface area contributed by atoms with Crippen LogP contribution in [0.1, 0.15) is 28.7 Å². The van der Waals surface area contributed by atoms with Gasteiger partial charge in [0.15, 0.2) is 6.54 Å². The van der Waals surface area contributed by atoms with E-state index in [9.17, 15) is 29.5 Å². The molecule has 11 heteroatoms. The Balaban J connectivity index is 2.26. The van der Waals surface area contributed by atoms with Crippen LogP contribution in [0.2, 0.25) is 0 Å². The largest absolute Gasteiger partial charge is 0.711 e. The van der Waals surface area contributed by atoms with Gasteiger partial charge in [0.05, 0.1) is 0 Å². The number of rotatable bonds is 5. The first-order chi connectivity index (χ1) is 13.2. The maximum Gasteiger partial charge on any atom is 0.346 e. The number of barbiturate groups is 1. The van der Waals surface area contributed by atoms with E-state index in [0.717, 1.165) is 0 Å². The minimum absolute atomic E-state index is 0.102. The van der Waals surface area contributed by atoms with E-state index >= 15 is 0 Å². The van der Waals surface area contributed by atoms with Crippen molar-refractivity contribution in [1.29, 1.82) is 0 Å². The van der Waals surface area contributed by atoms with Gasteiger partial charge in [-0.25, -0.2) is 18.9 Å². The smallest absolute Gasteiger partial charge is 0.346 e. The third kappa shape index (κ3) is 3.17. The second-order valence-electron chi connectivity index (χ2n) is 6.35. The quantitative estimate of drug-likeness (QED) is 0.349. The van der Waals surface area contributed by atoms with E-state index in [4.69, 9.17) is 0 Å².